The van der Waals surface area contributed by atoms with Crippen molar-refractivity contribution in [1.82, 2.24) is 4.57 Å². The lowest BCUT2D eigenvalue weighted by molar-refractivity contribution is 0.125. The normalized spacial score (nSPS) is 15.3. The van der Waals surface area contributed by atoms with E-state index in [-0.39, 0.29) is 16.2 Å². The SMILES string of the molecule is CC1(C)c2cc(-c3cccc(-c4ccc5c6ccccc6c6ccccc6c5c4)c3)c(-c3ccc4c(c3)c3ccccc3n4-c3cccc4c3oc3ccccc34)cc2C(C)(C)C1(C)C. The largest absolute Gasteiger partial charge is 0.454 e. The van der Waals surface area contributed by atoms with E-state index in [9.17, 15) is 0 Å². The Morgan fingerprint density at radius 1 is 0.338 bits per heavy atom. The highest BCUT2D eigenvalue weighted by Crippen LogP contribution is 2.63. The number of benzene rings is 10. The molecule has 0 atom stereocenters. The van der Waals surface area contributed by atoms with Gasteiger partial charge in [0.1, 0.15) is 5.58 Å². The van der Waals surface area contributed by atoms with E-state index in [1.807, 2.05) is 6.07 Å². The maximum absolute atomic E-state index is 6.64. The zero-order chi connectivity index (χ0) is 44.0. The van der Waals surface area contributed by atoms with Crippen LogP contribution in [0.15, 0.2) is 192 Å². The number of aromatic nitrogens is 1. The van der Waals surface area contributed by atoms with Crippen molar-refractivity contribution >= 4 is 76.1 Å². The van der Waals surface area contributed by atoms with Crippen molar-refractivity contribution in [2.75, 3.05) is 0 Å². The molecule has 0 radical (unpaired) electrons. The first-order valence-corrected chi connectivity index (χ1v) is 23.1. The molecule has 2 aromatic heterocycles. The molecule has 0 amide bonds. The summed E-state index contributed by atoms with van der Waals surface area (Å²) in [5.41, 5.74) is 15.4. The number of rotatable bonds is 4. The third kappa shape index (κ3) is 5.17. The van der Waals surface area contributed by atoms with E-state index in [0.717, 1.165) is 38.7 Å². The fraction of sp³-hybridized carbons (Fsp3) is 0.143. The van der Waals surface area contributed by atoms with Gasteiger partial charge >= 0.3 is 0 Å². The molecule has 13 rings (SSSR count). The molecule has 0 aliphatic heterocycles. The number of nitrogens with zero attached hydrogens (tertiary/aromatic N) is 1. The minimum absolute atomic E-state index is 0.0210. The highest BCUT2D eigenvalue weighted by molar-refractivity contribution is 6.26. The quantitative estimate of drug-likeness (QED) is 0.162. The average molecular weight is 836 g/mol. The number of para-hydroxylation sites is 3. The lowest BCUT2D eigenvalue weighted by Gasteiger charge is -2.44. The van der Waals surface area contributed by atoms with Crippen LogP contribution in [-0.2, 0) is 10.8 Å². The highest BCUT2D eigenvalue weighted by Gasteiger charge is 2.57. The molecule has 10 aromatic carbocycles. The standard InChI is InChI=1S/C63H49NO/c1-61(2)54-36-50(40-18-15-17-38(33-40)39-29-31-46-44-21-8-7-19-42(44)43-20-9-10-22-45(43)52(46)34-39)51(37-55(54)62(3,4)63(61,5)6)41-30-32-57-53(35-41)47-23-11-13-26-56(47)64(57)58-27-16-25-49-48-24-12-14-28-59(48)65-60(49)58/h7-37H,1-6H3. The summed E-state index contributed by atoms with van der Waals surface area (Å²) in [6.45, 7) is 14.7. The van der Waals surface area contributed by atoms with Crippen LogP contribution in [0.3, 0.4) is 0 Å². The predicted molar refractivity (Wildman–Crippen MR) is 277 cm³/mol. The van der Waals surface area contributed by atoms with Crippen LogP contribution in [0.2, 0.25) is 0 Å². The van der Waals surface area contributed by atoms with Gasteiger partial charge in [-0.1, -0.05) is 175 Å². The maximum atomic E-state index is 6.64. The second-order valence-electron chi connectivity index (χ2n) is 20.1. The molecule has 1 aliphatic carbocycles. The lowest BCUT2D eigenvalue weighted by atomic mass is 9.59. The minimum Gasteiger partial charge on any atom is -0.454 e. The van der Waals surface area contributed by atoms with E-state index >= 15 is 0 Å². The molecule has 0 fully saturated rings. The van der Waals surface area contributed by atoms with Crippen molar-refractivity contribution in [3.63, 3.8) is 0 Å². The summed E-state index contributed by atoms with van der Waals surface area (Å²) >= 11 is 0. The molecule has 0 spiro atoms. The monoisotopic (exact) mass is 835 g/mol. The predicted octanol–water partition coefficient (Wildman–Crippen LogP) is 17.7. The van der Waals surface area contributed by atoms with E-state index in [1.165, 1.54) is 87.6 Å². The van der Waals surface area contributed by atoms with E-state index in [0.29, 0.717) is 0 Å². The van der Waals surface area contributed by atoms with Crippen LogP contribution in [-0.4, -0.2) is 4.57 Å². The van der Waals surface area contributed by atoms with Gasteiger partial charge in [-0.2, -0.15) is 0 Å². The van der Waals surface area contributed by atoms with E-state index in [1.54, 1.807) is 0 Å². The molecule has 312 valence electrons. The maximum Gasteiger partial charge on any atom is 0.159 e. The number of fused-ring (bicyclic) bond motifs is 13. The number of furan rings is 1. The molecule has 12 aromatic rings. The van der Waals surface area contributed by atoms with Crippen LogP contribution in [0.5, 0.6) is 0 Å². The second-order valence-corrected chi connectivity index (χ2v) is 20.1. The molecule has 65 heavy (non-hydrogen) atoms. The van der Waals surface area contributed by atoms with Crippen LogP contribution >= 0.6 is 0 Å². The van der Waals surface area contributed by atoms with Crippen molar-refractivity contribution in [3.8, 4) is 39.1 Å². The Bertz CT molecular complexity index is 3950. The van der Waals surface area contributed by atoms with Crippen molar-refractivity contribution in [2.45, 2.75) is 52.4 Å². The first kappa shape index (κ1) is 38.1. The Morgan fingerprint density at radius 2 is 0.815 bits per heavy atom. The van der Waals surface area contributed by atoms with E-state index in [4.69, 9.17) is 4.42 Å². The zero-order valence-corrected chi connectivity index (χ0v) is 37.8. The summed E-state index contributed by atoms with van der Waals surface area (Å²) < 4.78 is 9.04. The molecule has 0 saturated heterocycles. The van der Waals surface area contributed by atoms with Gasteiger partial charge in [-0.15, -0.1) is 0 Å². The minimum atomic E-state index is -0.0512. The van der Waals surface area contributed by atoms with E-state index in [2.05, 4.69) is 228 Å². The van der Waals surface area contributed by atoms with Crippen LogP contribution in [0.4, 0.5) is 0 Å². The van der Waals surface area contributed by atoms with Crippen molar-refractivity contribution in [3.05, 3.63) is 199 Å². The molecule has 2 nitrogen and oxygen atoms in total. The number of hydrogen-bond acceptors (Lipinski definition) is 1. The first-order valence-electron chi connectivity index (χ1n) is 23.1. The summed E-state index contributed by atoms with van der Waals surface area (Å²) in [4.78, 5) is 0. The van der Waals surface area contributed by atoms with Gasteiger partial charge < -0.3 is 8.98 Å². The lowest BCUT2D eigenvalue weighted by Crippen LogP contribution is -2.42. The van der Waals surface area contributed by atoms with E-state index < -0.39 is 0 Å². The molecular weight excluding hydrogens is 787 g/mol. The van der Waals surface area contributed by atoms with Gasteiger partial charge in [0, 0.05) is 21.5 Å². The molecule has 0 saturated carbocycles. The van der Waals surface area contributed by atoms with Gasteiger partial charge in [-0.3, -0.25) is 0 Å². The Labute approximate surface area is 379 Å². The Hall–Kier alpha value is -7.42. The fourth-order valence-electron chi connectivity index (χ4n) is 11.8. The third-order valence-corrected chi connectivity index (χ3v) is 16.5. The Kier molecular flexibility index (Phi) is 7.80. The van der Waals surface area contributed by atoms with Crippen molar-refractivity contribution in [1.29, 1.82) is 0 Å². The van der Waals surface area contributed by atoms with Crippen molar-refractivity contribution in [2.24, 2.45) is 5.41 Å². The van der Waals surface area contributed by atoms with Gasteiger partial charge in [0.2, 0.25) is 0 Å². The topological polar surface area (TPSA) is 18.1 Å². The van der Waals surface area contributed by atoms with Crippen LogP contribution in [0.1, 0.15) is 52.7 Å². The fourth-order valence-corrected chi connectivity index (χ4v) is 11.8. The summed E-state index contributed by atoms with van der Waals surface area (Å²) in [5.74, 6) is 0. The van der Waals surface area contributed by atoms with Crippen LogP contribution < -0.4 is 0 Å². The number of hydrogen-bond donors (Lipinski definition) is 0. The third-order valence-electron chi connectivity index (χ3n) is 16.5. The molecule has 2 heterocycles. The summed E-state index contributed by atoms with van der Waals surface area (Å²) in [7, 11) is 0. The van der Waals surface area contributed by atoms with Gasteiger partial charge in [-0.25, -0.2) is 0 Å². The van der Waals surface area contributed by atoms with Gasteiger partial charge in [-0.05, 0) is 148 Å². The molecule has 0 unspecified atom stereocenters. The second kappa shape index (κ2) is 13.3. The highest BCUT2D eigenvalue weighted by atomic mass is 16.3. The van der Waals surface area contributed by atoms with Gasteiger partial charge in [0.25, 0.3) is 0 Å². The summed E-state index contributed by atoms with van der Waals surface area (Å²) in [6.07, 6.45) is 0. The molecular formula is C63H49NO. The Balaban J connectivity index is 1.03. The zero-order valence-electron chi connectivity index (χ0n) is 37.8. The summed E-state index contributed by atoms with van der Waals surface area (Å²) in [6, 6.07) is 70.0. The Morgan fingerprint density at radius 3 is 1.51 bits per heavy atom. The smallest absolute Gasteiger partial charge is 0.159 e. The van der Waals surface area contributed by atoms with Gasteiger partial charge in [0.05, 0.1) is 16.7 Å². The first-order chi connectivity index (χ1) is 31.5. The van der Waals surface area contributed by atoms with Crippen molar-refractivity contribution < 1.29 is 4.42 Å². The molecule has 0 N–H and O–H groups in total. The van der Waals surface area contributed by atoms with Gasteiger partial charge in [0.15, 0.2) is 5.58 Å². The molecule has 0 bridgehead atoms. The average Bonchev–Trinajstić information content (AvgIpc) is 3.92. The summed E-state index contributed by atoms with van der Waals surface area (Å²) in [5, 5.41) is 12.5. The van der Waals surface area contributed by atoms with Crippen LogP contribution in [0.25, 0.3) is 115 Å². The molecule has 1 aliphatic rings. The molecule has 2 heteroatoms. The van der Waals surface area contributed by atoms with Crippen LogP contribution in [0, 0.1) is 5.41 Å².